The van der Waals surface area contributed by atoms with Crippen LogP contribution in [0.4, 0.5) is 0 Å². The number of ether oxygens (including phenoxy) is 2. The van der Waals surface area contributed by atoms with Crippen molar-refractivity contribution in [3.8, 4) is 23.0 Å². The van der Waals surface area contributed by atoms with Crippen LogP contribution in [0.15, 0.2) is 36.4 Å². The fourth-order valence-electron chi connectivity index (χ4n) is 6.99. The van der Waals surface area contributed by atoms with Gasteiger partial charge in [0.2, 0.25) is 17.7 Å². The van der Waals surface area contributed by atoms with Crippen LogP contribution in [0, 0.1) is 0 Å². The van der Waals surface area contributed by atoms with Gasteiger partial charge in [-0.3, -0.25) is 43.7 Å². The number of esters is 2. The van der Waals surface area contributed by atoms with Gasteiger partial charge in [-0.2, -0.15) is 0 Å². The van der Waals surface area contributed by atoms with Gasteiger partial charge in [0.25, 0.3) is 11.8 Å². The number of amides is 5. The molecule has 22 nitrogen and oxygen atoms in total. The summed E-state index contributed by atoms with van der Waals surface area (Å²) in [6.45, 7) is 3.52. The van der Waals surface area contributed by atoms with Crippen molar-refractivity contribution < 1.29 is 78.6 Å². The summed E-state index contributed by atoms with van der Waals surface area (Å²) in [6.07, 6.45) is 0.582. The minimum Gasteiger partial charge on any atom is -0.504 e. The molecule has 0 aliphatic carbocycles. The Hall–Kier alpha value is -6.33. The zero-order chi connectivity index (χ0) is 47.8. The summed E-state index contributed by atoms with van der Waals surface area (Å²) in [5.74, 6) is -7.17. The van der Waals surface area contributed by atoms with E-state index in [1.165, 1.54) is 53.1 Å². The molecule has 2 heterocycles. The fourth-order valence-corrected chi connectivity index (χ4v) is 8.62. The van der Waals surface area contributed by atoms with Gasteiger partial charge in [0, 0.05) is 69.7 Å². The van der Waals surface area contributed by atoms with Gasteiger partial charge in [-0.25, -0.2) is 9.86 Å². The molecule has 0 aromatic heterocycles. The van der Waals surface area contributed by atoms with Crippen LogP contribution in [0.2, 0.25) is 0 Å². The number of hydrogen-bond acceptors (Lipinski definition) is 17. The van der Waals surface area contributed by atoms with Crippen molar-refractivity contribution in [2.75, 3.05) is 52.5 Å². The van der Waals surface area contributed by atoms with Crippen molar-refractivity contribution in [1.29, 1.82) is 0 Å². The molecule has 0 radical (unpaired) electrons. The summed E-state index contributed by atoms with van der Waals surface area (Å²) in [4.78, 5) is 102. The lowest BCUT2D eigenvalue weighted by Crippen LogP contribution is -2.70. The number of para-hydroxylation sites is 2. The smallest absolute Gasteiger partial charge is 0.327 e. The predicted molar refractivity (Wildman–Crippen MR) is 229 cm³/mol. The number of benzene rings is 2. The molecule has 0 unspecified atom stereocenters. The summed E-state index contributed by atoms with van der Waals surface area (Å²) < 4.78 is 9.90. The number of aliphatic carboxylic acids is 1. The third kappa shape index (κ3) is 14.6. The van der Waals surface area contributed by atoms with E-state index < -0.39 is 92.6 Å². The number of nitrogens with one attached hydrogen (secondary N) is 3. The van der Waals surface area contributed by atoms with Gasteiger partial charge in [-0.05, 0) is 63.8 Å². The van der Waals surface area contributed by atoms with E-state index in [0.717, 1.165) is 0 Å². The monoisotopic (exact) mass is 932 g/mol. The van der Waals surface area contributed by atoms with Crippen LogP contribution in [0.3, 0.4) is 0 Å². The molecule has 0 spiro atoms. The largest absolute Gasteiger partial charge is 0.504 e. The van der Waals surface area contributed by atoms with Crippen LogP contribution in [0.1, 0.15) is 85.9 Å². The maximum Gasteiger partial charge on any atom is 0.327 e. The highest BCUT2D eigenvalue weighted by atomic mass is 32.2. The van der Waals surface area contributed by atoms with Gasteiger partial charge in [-0.1, -0.05) is 12.1 Å². The van der Waals surface area contributed by atoms with Gasteiger partial charge < -0.3 is 55.9 Å². The number of carboxylic acids is 1. The summed E-state index contributed by atoms with van der Waals surface area (Å²) in [6, 6.07) is 6.03. The average molecular weight is 933 g/mol. The predicted octanol–water partition coefficient (Wildman–Crippen LogP) is 1.03. The van der Waals surface area contributed by atoms with E-state index in [9.17, 15) is 69.1 Å². The van der Waals surface area contributed by atoms with E-state index in [1.807, 2.05) is 0 Å². The molecule has 0 saturated carbocycles. The molecule has 4 rings (SSSR count). The standard InChI is InChI=1S/C42H56N6O16S/c1-42(2)36(41(60)61)48-39(59)33(40(48)65-42)45-29(51)13-3-4-19-47(62)30(52)16-20-46(21-23-63-31(53)14-7-17-43-37(57)25-9-5-11-27(49)34(25)55)22-24-64-32(54)15-8-18-44-38(58)26-10-6-12-28(50)35(26)56/h5-6,9-12,33,36,40,49-50,55-56,62H,3-4,7-8,13-24H2,1-2H3,(H,43,57)(H,44,58)(H,45,51)(H,60,61)/t33-,36+,40-/m1/s1. The van der Waals surface area contributed by atoms with E-state index in [2.05, 4.69) is 16.0 Å². The number of carbonyl (C=O) groups excluding carboxylic acids is 7. The van der Waals surface area contributed by atoms with Crippen LogP contribution >= 0.6 is 11.8 Å². The van der Waals surface area contributed by atoms with Gasteiger partial charge >= 0.3 is 17.9 Å². The van der Waals surface area contributed by atoms with E-state index in [4.69, 9.17) is 9.47 Å². The Bertz CT molecular complexity index is 1980. The molecule has 23 heteroatoms. The van der Waals surface area contributed by atoms with E-state index in [-0.39, 0.29) is 115 Å². The average Bonchev–Trinajstić information content (AvgIpc) is 3.52. The first-order valence-corrected chi connectivity index (χ1v) is 21.8. The van der Waals surface area contributed by atoms with Crippen LogP contribution in [0.5, 0.6) is 23.0 Å². The number of hydrogen-bond donors (Lipinski definition) is 9. The van der Waals surface area contributed by atoms with Gasteiger partial charge in [0.1, 0.15) is 30.7 Å². The normalized spacial score (nSPS) is 17.1. The number of carboxylic acid groups (broad SMARTS) is 1. The first-order chi connectivity index (χ1) is 30.8. The first kappa shape index (κ1) is 51.3. The van der Waals surface area contributed by atoms with Gasteiger partial charge in [0.05, 0.1) is 11.1 Å². The van der Waals surface area contributed by atoms with E-state index in [1.54, 1.807) is 18.7 Å². The number of fused-ring (bicyclic) bond motifs is 1. The maximum atomic E-state index is 12.8. The zero-order valence-electron chi connectivity index (χ0n) is 36.0. The van der Waals surface area contributed by atoms with Crippen molar-refractivity contribution in [2.24, 2.45) is 0 Å². The lowest BCUT2D eigenvalue weighted by atomic mass is 9.96. The fraction of sp³-hybridized carbons (Fsp3) is 0.524. The highest BCUT2D eigenvalue weighted by molar-refractivity contribution is 8.01. The Morgan fingerprint density at radius 1 is 0.723 bits per heavy atom. The van der Waals surface area contributed by atoms with Crippen LogP contribution in [-0.4, -0.2) is 168 Å². The molecular weight excluding hydrogens is 877 g/mol. The molecule has 65 heavy (non-hydrogen) atoms. The van der Waals surface area contributed by atoms with Crippen molar-refractivity contribution in [1.82, 2.24) is 30.8 Å². The van der Waals surface area contributed by atoms with E-state index in [0.29, 0.717) is 5.06 Å². The molecule has 2 aromatic rings. The SMILES string of the molecule is CC1(C)S[C@@H]2[C@H](NC(=O)CCCCN(O)C(=O)CCN(CCOC(=O)CCCNC(=O)c3cccc(O)c3O)CCOC(=O)CCCNC(=O)c3cccc(O)c3O)C(=O)N2[C@H]1C(=O)O. The van der Waals surface area contributed by atoms with E-state index >= 15 is 0 Å². The molecule has 3 atom stereocenters. The van der Waals surface area contributed by atoms with Crippen LogP contribution < -0.4 is 16.0 Å². The number of nitrogens with zero attached hydrogens (tertiary/aromatic N) is 3. The molecule has 2 fully saturated rings. The number of carbonyl (C=O) groups is 8. The minimum atomic E-state index is -1.11. The topological polar surface area (TPSA) is 322 Å². The molecule has 2 aliphatic heterocycles. The van der Waals surface area contributed by atoms with Crippen molar-refractivity contribution in [3.63, 3.8) is 0 Å². The summed E-state index contributed by atoms with van der Waals surface area (Å²) in [7, 11) is 0. The van der Waals surface area contributed by atoms with Crippen molar-refractivity contribution in [3.05, 3.63) is 47.5 Å². The molecule has 5 amide bonds. The summed E-state index contributed by atoms with van der Waals surface area (Å²) in [5, 5.41) is 66.7. The maximum absolute atomic E-state index is 12.8. The Kier molecular flexibility index (Phi) is 19.0. The second-order valence-corrected chi connectivity index (χ2v) is 17.5. The second kappa shape index (κ2) is 24.1. The number of β-lactam (4-membered cyclic amide) rings is 1. The van der Waals surface area contributed by atoms with Crippen LogP contribution in [0.25, 0.3) is 0 Å². The highest BCUT2D eigenvalue weighted by Gasteiger charge is 2.64. The molecule has 0 bridgehead atoms. The number of unbranched alkanes of at least 4 members (excludes halogenated alkanes) is 1. The van der Waals surface area contributed by atoms with Crippen molar-refractivity contribution in [2.45, 2.75) is 87.4 Å². The molecule has 2 saturated heterocycles. The summed E-state index contributed by atoms with van der Waals surface area (Å²) in [5.41, 5.74) is -0.267. The zero-order valence-corrected chi connectivity index (χ0v) is 36.8. The van der Waals surface area contributed by atoms with Gasteiger partial charge in [0.15, 0.2) is 23.0 Å². The molecular formula is C42H56N6O16S. The Morgan fingerprint density at radius 3 is 1.75 bits per heavy atom. The summed E-state index contributed by atoms with van der Waals surface area (Å²) >= 11 is 1.31. The second-order valence-electron chi connectivity index (χ2n) is 15.7. The Morgan fingerprint density at radius 2 is 1.25 bits per heavy atom. The number of phenolic OH excluding ortho intramolecular Hbond substituents is 4. The molecule has 9 N–H and O–H groups in total. The van der Waals surface area contributed by atoms with Crippen molar-refractivity contribution >= 4 is 59.2 Å². The lowest BCUT2D eigenvalue weighted by molar-refractivity contribution is -0.166. The first-order valence-electron chi connectivity index (χ1n) is 21.0. The number of hydroxylamine groups is 2. The Balaban J connectivity index is 1.17. The quantitative estimate of drug-likeness (QED) is 0.0159. The third-order valence-electron chi connectivity index (χ3n) is 10.5. The van der Waals surface area contributed by atoms with Gasteiger partial charge in [-0.15, -0.1) is 11.8 Å². The minimum absolute atomic E-state index is 0.00327. The number of thioether (sulfide) groups is 1. The Labute approximate surface area is 378 Å². The molecule has 2 aliphatic rings. The highest BCUT2D eigenvalue weighted by Crippen LogP contribution is 2.50. The molecule has 356 valence electrons. The molecule has 2 aromatic carbocycles. The third-order valence-corrected chi connectivity index (χ3v) is 12.1. The number of aromatic hydroxyl groups is 4. The number of phenols is 4. The lowest BCUT2D eigenvalue weighted by Gasteiger charge is -2.43. The van der Waals surface area contributed by atoms with Crippen LogP contribution in [-0.2, 0) is 38.2 Å². The number of rotatable bonds is 26.